The van der Waals surface area contributed by atoms with Crippen molar-refractivity contribution in [1.29, 1.82) is 0 Å². The molecule has 0 aliphatic rings. The Morgan fingerprint density at radius 3 is 2.68 bits per heavy atom. The number of carboxylic acids is 1. The molecule has 1 aromatic heterocycles. The highest BCUT2D eigenvalue weighted by Gasteiger charge is 2.15. The Hall–Kier alpha value is -1.85. The van der Waals surface area contributed by atoms with Gasteiger partial charge in [0.2, 0.25) is 0 Å². The van der Waals surface area contributed by atoms with Gasteiger partial charge in [-0.3, -0.25) is 0 Å². The quantitative estimate of drug-likeness (QED) is 0.839. The van der Waals surface area contributed by atoms with Gasteiger partial charge in [0.05, 0.1) is 10.0 Å². The molecule has 0 amide bonds. The van der Waals surface area contributed by atoms with Crippen LogP contribution in [0.15, 0.2) is 24.5 Å². The van der Waals surface area contributed by atoms with Crippen LogP contribution in [0.3, 0.4) is 0 Å². The number of nitrogens with zero attached hydrogens (tertiary/aromatic N) is 2. The highest BCUT2D eigenvalue weighted by Crippen LogP contribution is 2.23. The minimum atomic E-state index is -1.05. The molecule has 0 saturated carbocycles. The molecule has 0 unspecified atom stereocenters. The summed E-state index contributed by atoms with van der Waals surface area (Å²) in [5.74, 6) is -0.498. The van der Waals surface area contributed by atoms with Crippen LogP contribution >= 0.6 is 23.2 Å². The fourth-order valence-corrected chi connectivity index (χ4v) is 2.42. The summed E-state index contributed by atoms with van der Waals surface area (Å²) >= 11 is 11.9. The van der Waals surface area contributed by atoms with E-state index in [2.05, 4.69) is 15.3 Å². The Morgan fingerprint density at radius 1 is 1.27 bits per heavy atom. The van der Waals surface area contributed by atoms with Gasteiger partial charge in [-0.2, -0.15) is 0 Å². The van der Waals surface area contributed by atoms with E-state index in [1.54, 1.807) is 6.07 Å². The maximum Gasteiger partial charge on any atom is 0.354 e. The van der Waals surface area contributed by atoms with E-state index in [1.165, 1.54) is 6.33 Å². The molecule has 1 aromatic carbocycles. The Balaban J connectivity index is 2.07. The number of benzene rings is 1. The second-order valence-electron chi connectivity index (χ2n) is 4.63. The predicted octanol–water partition coefficient (Wildman–Crippen LogP) is 3.70. The van der Waals surface area contributed by atoms with Gasteiger partial charge in [0, 0.05) is 12.1 Å². The number of aromatic nitrogens is 2. The van der Waals surface area contributed by atoms with Crippen molar-refractivity contribution < 1.29 is 9.90 Å². The Kier molecular flexibility index (Phi) is 5.57. The van der Waals surface area contributed by atoms with E-state index >= 15 is 0 Å². The smallest absolute Gasteiger partial charge is 0.354 e. The molecule has 0 radical (unpaired) electrons. The molecule has 0 saturated heterocycles. The lowest BCUT2D eigenvalue weighted by molar-refractivity contribution is 0.0689. The molecule has 22 heavy (non-hydrogen) atoms. The van der Waals surface area contributed by atoms with Gasteiger partial charge in [0.25, 0.3) is 0 Å². The van der Waals surface area contributed by atoms with Crippen LogP contribution in [0.5, 0.6) is 0 Å². The van der Waals surface area contributed by atoms with Gasteiger partial charge in [0.1, 0.15) is 12.1 Å². The molecule has 2 rings (SSSR count). The van der Waals surface area contributed by atoms with E-state index in [0.29, 0.717) is 40.8 Å². The minimum absolute atomic E-state index is 0.0366. The van der Waals surface area contributed by atoms with Crippen LogP contribution in [0.1, 0.15) is 28.5 Å². The fourth-order valence-electron chi connectivity index (χ4n) is 2.10. The van der Waals surface area contributed by atoms with Crippen LogP contribution in [0, 0.1) is 0 Å². The van der Waals surface area contributed by atoms with Crippen molar-refractivity contribution in [3.63, 3.8) is 0 Å². The van der Waals surface area contributed by atoms with Crippen molar-refractivity contribution in [3.8, 4) is 0 Å². The van der Waals surface area contributed by atoms with Gasteiger partial charge in [-0.25, -0.2) is 14.8 Å². The summed E-state index contributed by atoms with van der Waals surface area (Å²) in [6.07, 6.45) is 2.51. The van der Waals surface area contributed by atoms with Gasteiger partial charge in [0.15, 0.2) is 5.69 Å². The maximum absolute atomic E-state index is 11.2. The van der Waals surface area contributed by atoms with Crippen LogP contribution in [-0.2, 0) is 12.8 Å². The molecule has 7 heteroatoms. The van der Waals surface area contributed by atoms with Crippen LogP contribution in [0.25, 0.3) is 0 Å². The van der Waals surface area contributed by atoms with E-state index in [4.69, 9.17) is 28.3 Å². The first kappa shape index (κ1) is 16.5. The first-order valence-electron chi connectivity index (χ1n) is 6.78. The maximum atomic E-state index is 11.2. The number of anilines is 1. The lowest BCUT2D eigenvalue weighted by atomic mass is 10.1. The number of hydrogen-bond donors (Lipinski definition) is 2. The van der Waals surface area contributed by atoms with Crippen molar-refractivity contribution in [3.05, 3.63) is 51.4 Å². The average Bonchev–Trinajstić information content (AvgIpc) is 2.50. The number of aromatic carboxylic acids is 1. The molecule has 2 N–H and O–H groups in total. The summed E-state index contributed by atoms with van der Waals surface area (Å²) in [7, 11) is 0. The van der Waals surface area contributed by atoms with Gasteiger partial charge in [-0.1, -0.05) is 36.2 Å². The predicted molar refractivity (Wildman–Crippen MR) is 87.0 cm³/mol. The molecular weight excluding hydrogens is 325 g/mol. The van der Waals surface area contributed by atoms with Crippen molar-refractivity contribution >= 4 is 35.0 Å². The van der Waals surface area contributed by atoms with Gasteiger partial charge < -0.3 is 10.4 Å². The molecule has 0 spiro atoms. The van der Waals surface area contributed by atoms with Crippen molar-refractivity contribution in [1.82, 2.24) is 9.97 Å². The van der Waals surface area contributed by atoms with Crippen molar-refractivity contribution in [2.45, 2.75) is 19.8 Å². The number of rotatable bonds is 6. The van der Waals surface area contributed by atoms with E-state index in [9.17, 15) is 4.79 Å². The van der Waals surface area contributed by atoms with E-state index < -0.39 is 5.97 Å². The number of nitrogens with one attached hydrogen (secondary N) is 1. The highest BCUT2D eigenvalue weighted by atomic mass is 35.5. The van der Waals surface area contributed by atoms with E-state index in [0.717, 1.165) is 5.56 Å². The standard InChI is InChI=1S/C15H15Cl2N3O2/c1-2-10-13(15(21)22)19-8-20-14(10)18-6-5-9-3-4-11(16)12(17)7-9/h3-4,7-8H,2,5-6H2,1H3,(H,21,22)(H,18,19,20). The molecule has 116 valence electrons. The van der Waals surface area contributed by atoms with Gasteiger partial charge >= 0.3 is 5.97 Å². The van der Waals surface area contributed by atoms with Gasteiger partial charge in [-0.15, -0.1) is 0 Å². The van der Waals surface area contributed by atoms with E-state index in [-0.39, 0.29) is 5.69 Å². The minimum Gasteiger partial charge on any atom is -0.476 e. The number of halogens is 2. The highest BCUT2D eigenvalue weighted by molar-refractivity contribution is 6.42. The first-order chi connectivity index (χ1) is 10.5. The molecular formula is C15H15Cl2N3O2. The largest absolute Gasteiger partial charge is 0.476 e. The third-order valence-electron chi connectivity index (χ3n) is 3.19. The monoisotopic (exact) mass is 339 g/mol. The van der Waals surface area contributed by atoms with Crippen LogP contribution in [0.2, 0.25) is 10.0 Å². The summed E-state index contributed by atoms with van der Waals surface area (Å²) < 4.78 is 0. The average molecular weight is 340 g/mol. The molecule has 0 fully saturated rings. The zero-order valence-corrected chi connectivity index (χ0v) is 13.4. The number of carbonyl (C=O) groups is 1. The second kappa shape index (κ2) is 7.42. The first-order valence-corrected chi connectivity index (χ1v) is 7.53. The Labute approximate surface area is 138 Å². The summed E-state index contributed by atoms with van der Waals surface area (Å²) in [6, 6.07) is 5.47. The molecule has 0 aliphatic heterocycles. The molecule has 0 aliphatic carbocycles. The number of carboxylic acid groups (broad SMARTS) is 1. The Bertz CT molecular complexity index is 692. The molecule has 5 nitrogen and oxygen atoms in total. The van der Waals surface area contributed by atoms with Crippen LogP contribution in [-0.4, -0.2) is 27.6 Å². The molecule has 0 bridgehead atoms. The second-order valence-corrected chi connectivity index (χ2v) is 5.45. The number of hydrogen-bond acceptors (Lipinski definition) is 4. The normalized spacial score (nSPS) is 10.5. The zero-order chi connectivity index (χ0) is 16.1. The van der Waals surface area contributed by atoms with Crippen LogP contribution in [0.4, 0.5) is 5.82 Å². The van der Waals surface area contributed by atoms with Crippen molar-refractivity contribution in [2.75, 3.05) is 11.9 Å². The van der Waals surface area contributed by atoms with Crippen molar-refractivity contribution in [2.24, 2.45) is 0 Å². The lowest BCUT2D eigenvalue weighted by Crippen LogP contribution is -2.13. The summed E-state index contributed by atoms with van der Waals surface area (Å²) in [5, 5.41) is 13.3. The molecule has 0 atom stereocenters. The lowest BCUT2D eigenvalue weighted by Gasteiger charge is -2.11. The molecule has 2 aromatic rings. The SMILES string of the molecule is CCc1c(NCCc2ccc(Cl)c(Cl)c2)ncnc1C(=O)O. The third kappa shape index (κ3) is 3.87. The zero-order valence-electron chi connectivity index (χ0n) is 11.9. The summed E-state index contributed by atoms with van der Waals surface area (Å²) in [6.45, 7) is 2.47. The fraction of sp³-hybridized carbons (Fsp3) is 0.267. The topological polar surface area (TPSA) is 75.1 Å². The molecule has 1 heterocycles. The summed E-state index contributed by atoms with van der Waals surface area (Å²) in [5.41, 5.74) is 1.67. The van der Waals surface area contributed by atoms with Gasteiger partial charge in [-0.05, 0) is 30.5 Å². The van der Waals surface area contributed by atoms with Crippen LogP contribution < -0.4 is 5.32 Å². The summed E-state index contributed by atoms with van der Waals surface area (Å²) in [4.78, 5) is 19.1. The third-order valence-corrected chi connectivity index (χ3v) is 3.93. The van der Waals surface area contributed by atoms with E-state index in [1.807, 2.05) is 19.1 Å². The Morgan fingerprint density at radius 2 is 2.05 bits per heavy atom.